The minimum absolute atomic E-state index is 0.0313. The Bertz CT molecular complexity index is 258. The Kier molecular flexibility index (Phi) is 1.57. The molecule has 0 aliphatic carbocycles. The molecule has 11 heavy (non-hydrogen) atoms. The van der Waals surface area contributed by atoms with E-state index in [4.69, 9.17) is 4.84 Å². The molecule has 1 N–H and O–H groups in total. The molecule has 1 aromatic carbocycles. The average Bonchev–Trinajstić information content (AvgIpc) is 2.58. The molecular formula is C8H8N2O. The lowest BCUT2D eigenvalue weighted by atomic mass is 10.2. The standard InChI is InChI=1S/C8H8N2O/c1-2-4-7(5-3-1)8-9-6-11-10-8/h1-6,8,10H. The van der Waals surface area contributed by atoms with Gasteiger partial charge in [0, 0.05) is 0 Å². The lowest BCUT2D eigenvalue weighted by Gasteiger charge is -2.04. The fourth-order valence-electron chi connectivity index (χ4n) is 1.01. The first kappa shape index (κ1) is 6.37. The first-order valence-corrected chi connectivity index (χ1v) is 3.44. The fourth-order valence-corrected chi connectivity index (χ4v) is 1.01. The van der Waals surface area contributed by atoms with E-state index in [1.165, 1.54) is 6.40 Å². The van der Waals surface area contributed by atoms with E-state index in [9.17, 15) is 0 Å². The van der Waals surface area contributed by atoms with Crippen LogP contribution in [0.4, 0.5) is 0 Å². The van der Waals surface area contributed by atoms with E-state index in [0.717, 1.165) is 5.56 Å². The molecule has 3 nitrogen and oxygen atoms in total. The molecule has 0 fully saturated rings. The first-order chi connectivity index (χ1) is 5.47. The second-order valence-corrected chi connectivity index (χ2v) is 2.30. The van der Waals surface area contributed by atoms with Crippen LogP contribution in [0, 0.1) is 0 Å². The van der Waals surface area contributed by atoms with Crippen molar-refractivity contribution in [2.24, 2.45) is 4.99 Å². The molecule has 1 unspecified atom stereocenters. The predicted molar refractivity (Wildman–Crippen MR) is 41.9 cm³/mol. The maximum absolute atomic E-state index is 4.77. The Morgan fingerprint density at radius 2 is 2.09 bits per heavy atom. The third-order valence-corrected chi connectivity index (χ3v) is 1.56. The molecule has 0 saturated carbocycles. The van der Waals surface area contributed by atoms with E-state index in [1.54, 1.807) is 0 Å². The number of nitrogens with one attached hydrogen (secondary N) is 1. The van der Waals surface area contributed by atoms with Crippen molar-refractivity contribution in [1.29, 1.82) is 0 Å². The van der Waals surface area contributed by atoms with E-state index >= 15 is 0 Å². The smallest absolute Gasteiger partial charge is 0.198 e. The molecule has 1 aromatic rings. The van der Waals surface area contributed by atoms with E-state index in [1.807, 2.05) is 30.3 Å². The van der Waals surface area contributed by atoms with Crippen LogP contribution >= 0.6 is 0 Å². The summed E-state index contributed by atoms with van der Waals surface area (Å²) >= 11 is 0. The fraction of sp³-hybridized carbons (Fsp3) is 0.125. The highest BCUT2D eigenvalue weighted by molar-refractivity contribution is 5.48. The van der Waals surface area contributed by atoms with Crippen LogP contribution < -0.4 is 5.48 Å². The van der Waals surface area contributed by atoms with Crippen LogP contribution in [0.5, 0.6) is 0 Å². The third-order valence-electron chi connectivity index (χ3n) is 1.56. The molecule has 0 amide bonds. The minimum atomic E-state index is -0.0313. The van der Waals surface area contributed by atoms with Gasteiger partial charge < -0.3 is 4.84 Å². The van der Waals surface area contributed by atoms with Crippen molar-refractivity contribution in [2.75, 3.05) is 0 Å². The van der Waals surface area contributed by atoms with Crippen LogP contribution in [0.3, 0.4) is 0 Å². The average molecular weight is 148 g/mol. The minimum Gasteiger partial charge on any atom is -0.394 e. The summed E-state index contributed by atoms with van der Waals surface area (Å²) in [7, 11) is 0. The van der Waals surface area contributed by atoms with Gasteiger partial charge in [0.05, 0.1) is 0 Å². The molecule has 3 heteroatoms. The number of hydrogen-bond acceptors (Lipinski definition) is 3. The summed E-state index contributed by atoms with van der Waals surface area (Å²) in [6.45, 7) is 0. The summed E-state index contributed by atoms with van der Waals surface area (Å²) in [6, 6.07) is 9.94. The normalized spacial score (nSPS) is 21.6. The highest BCUT2D eigenvalue weighted by atomic mass is 16.7. The molecule has 1 atom stereocenters. The first-order valence-electron chi connectivity index (χ1n) is 3.44. The largest absolute Gasteiger partial charge is 0.394 e. The van der Waals surface area contributed by atoms with Crippen molar-refractivity contribution < 1.29 is 4.84 Å². The Balaban J connectivity index is 2.23. The van der Waals surface area contributed by atoms with Crippen LogP contribution in [0.25, 0.3) is 0 Å². The summed E-state index contributed by atoms with van der Waals surface area (Å²) < 4.78 is 0. The monoisotopic (exact) mass is 148 g/mol. The van der Waals surface area contributed by atoms with Crippen molar-refractivity contribution >= 4 is 6.40 Å². The van der Waals surface area contributed by atoms with Gasteiger partial charge in [0.1, 0.15) is 0 Å². The van der Waals surface area contributed by atoms with Gasteiger partial charge in [0.25, 0.3) is 0 Å². The zero-order chi connectivity index (χ0) is 7.52. The summed E-state index contributed by atoms with van der Waals surface area (Å²) in [5.41, 5.74) is 3.86. The van der Waals surface area contributed by atoms with Gasteiger partial charge in [-0.25, -0.2) is 4.99 Å². The third kappa shape index (κ3) is 1.23. The van der Waals surface area contributed by atoms with Gasteiger partial charge in [-0.2, -0.15) is 0 Å². The number of nitrogens with zero attached hydrogens (tertiary/aromatic N) is 1. The SMILES string of the molecule is C1=NC(c2ccccc2)NO1. The molecule has 1 heterocycles. The number of aliphatic imine (C=N–C) groups is 1. The second kappa shape index (κ2) is 2.72. The van der Waals surface area contributed by atoms with Crippen molar-refractivity contribution in [2.45, 2.75) is 6.17 Å². The molecule has 56 valence electrons. The topological polar surface area (TPSA) is 33.6 Å². The maximum atomic E-state index is 4.77. The van der Waals surface area contributed by atoms with E-state index in [2.05, 4.69) is 10.5 Å². The summed E-state index contributed by atoms with van der Waals surface area (Å²) in [5.74, 6) is 0. The van der Waals surface area contributed by atoms with Gasteiger partial charge in [-0.1, -0.05) is 30.3 Å². The second-order valence-electron chi connectivity index (χ2n) is 2.30. The van der Waals surface area contributed by atoms with Crippen molar-refractivity contribution in [3.8, 4) is 0 Å². The Morgan fingerprint density at radius 1 is 1.27 bits per heavy atom. The van der Waals surface area contributed by atoms with Crippen molar-refractivity contribution in [3.05, 3.63) is 35.9 Å². The van der Waals surface area contributed by atoms with Gasteiger partial charge in [-0.15, -0.1) is 5.48 Å². The highest BCUT2D eigenvalue weighted by Crippen LogP contribution is 2.15. The van der Waals surface area contributed by atoms with Gasteiger partial charge in [0.2, 0.25) is 0 Å². The molecule has 2 rings (SSSR count). The maximum Gasteiger partial charge on any atom is 0.198 e. The molecular weight excluding hydrogens is 140 g/mol. The highest BCUT2D eigenvalue weighted by Gasteiger charge is 2.11. The van der Waals surface area contributed by atoms with E-state index < -0.39 is 0 Å². The summed E-state index contributed by atoms with van der Waals surface area (Å²) in [6.07, 6.45) is 1.38. The van der Waals surface area contributed by atoms with Gasteiger partial charge in [0.15, 0.2) is 12.6 Å². The Morgan fingerprint density at radius 3 is 2.73 bits per heavy atom. The van der Waals surface area contributed by atoms with Crippen LogP contribution in [-0.2, 0) is 4.84 Å². The van der Waals surface area contributed by atoms with Gasteiger partial charge >= 0.3 is 0 Å². The quantitative estimate of drug-likeness (QED) is 0.650. The number of hydroxylamine groups is 1. The molecule has 0 aromatic heterocycles. The summed E-state index contributed by atoms with van der Waals surface area (Å²) in [4.78, 5) is 8.82. The molecule has 0 saturated heterocycles. The number of rotatable bonds is 1. The lowest BCUT2D eigenvalue weighted by molar-refractivity contribution is 0.188. The molecule has 1 aliphatic rings. The number of hydrogen-bond donors (Lipinski definition) is 1. The Hall–Kier alpha value is -1.35. The zero-order valence-electron chi connectivity index (χ0n) is 5.90. The van der Waals surface area contributed by atoms with Crippen molar-refractivity contribution in [1.82, 2.24) is 5.48 Å². The molecule has 1 aliphatic heterocycles. The van der Waals surface area contributed by atoms with Crippen LogP contribution in [0.15, 0.2) is 35.3 Å². The van der Waals surface area contributed by atoms with Crippen LogP contribution in [0.2, 0.25) is 0 Å². The van der Waals surface area contributed by atoms with Gasteiger partial charge in [-0.3, -0.25) is 0 Å². The van der Waals surface area contributed by atoms with Gasteiger partial charge in [-0.05, 0) is 5.56 Å². The Labute approximate surface area is 64.7 Å². The molecule has 0 radical (unpaired) electrons. The molecule has 0 spiro atoms. The molecule has 0 bridgehead atoms. The summed E-state index contributed by atoms with van der Waals surface area (Å²) in [5, 5.41) is 0. The lowest BCUT2D eigenvalue weighted by Crippen LogP contribution is -2.11. The van der Waals surface area contributed by atoms with Crippen LogP contribution in [0.1, 0.15) is 11.7 Å². The predicted octanol–water partition coefficient (Wildman–Crippen LogP) is 1.25. The van der Waals surface area contributed by atoms with E-state index in [0.29, 0.717) is 0 Å². The van der Waals surface area contributed by atoms with Crippen molar-refractivity contribution in [3.63, 3.8) is 0 Å². The zero-order valence-corrected chi connectivity index (χ0v) is 5.90. The van der Waals surface area contributed by atoms with Crippen LogP contribution in [-0.4, -0.2) is 6.40 Å². The number of benzene rings is 1. The van der Waals surface area contributed by atoms with E-state index in [-0.39, 0.29) is 6.17 Å².